The first-order valence-electron chi connectivity index (χ1n) is 19.9. The third kappa shape index (κ3) is 8.65. The second-order valence-electron chi connectivity index (χ2n) is 20.0. The Labute approximate surface area is 299 Å². The molecule has 274 valence electrons. The van der Waals surface area contributed by atoms with Crippen LogP contribution in [0.2, 0.25) is 36.3 Å². The van der Waals surface area contributed by atoms with E-state index in [1.807, 2.05) is 0 Å². The molecule has 4 saturated carbocycles. The van der Waals surface area contributed by atoms with Crippen LogP contribution in [-0.2, 0) is 8.85 Å². The Balaban J connectivity index is 1.54. The van der Waals surface area contributed by atoms with Crippen LogP contribution in [0.25, 0.3) is 0 Å². The van der Waals surface area contributed by atoms with E-state index in [4.69, 9.17) is 15.4 Å². The molecule has 0 aromatic rings. The van der Waals surface area contributed by atoms with E-state index in [2.05, 4.69) is 113 Å². The van der Waals surface area contributed by atoms with Crippen LogP contribution in [0.15, 0.2) is 47.6 Å². The molecule has 5 heteroatoms. The van der Waals surface area contributed by atoms with Crippen LogP contribution >= 0.6 is 0 Å². The summed E-state index contributed by atoms with van der Waals surface area (Å²) in [7, 11) is -3.92. The first-order chi connectivity index (χ1) is 22.1. The molecule has 0 spiro atoms. The first-order valence-corrected chi connectivity index (χ1v) is 25.7. The van der Waals surface area contributed by atoms with Gasteiger partial charge in [-0.25, -0.2) is 0 Å². The Morgan fingerprint density at radius 1 is 0.938 bits per heavy atom. The van der Waals surface area contributed by atoms with Gasteiger partial charge in [0.1, 0.15) is 0 Å². The van der Waals surface area contributed by atoms with Crippen LogP contribution in [0.1, 0.15) is 139 Å². The van der Waals surface area contributed by atoms with Gasteiger partial charge in [-0.1, -0.05) is 112 Å². The summed E-state index contributed by atoms with van der Waals surface area (Å²) in [6.45, 7) is 35.5. The molecular formula is C43H76O3Si2. The smallest absolute Gasteiger partial charge is 0.192 e. The summed E-state index contributed by atoms with van der Waals surface area (Å²) in [5, 5.41) is 11.5. The Kier molecular flexibility index (Phi) is 12.3. The van der Waals surface area contributed by atoms with Gasteiger partial charge >= 0.3 is 0 Å². The highest BCUT2D eigenvalue weighted by Gasteiger charge is 2.51. The molecule has 4 aliphatic rings. The summed E-state index contributed by atoms with van der Waals surface area (Å²) in [6.07, 6.45) is 23.7. The lowest BCUT2D eigenvalue weighted by atomic mass is 9.61. The average Bonchev–Trinajstić information content (AvgIpc) is 3.68. The molecule has 0 amide bonds. The Morgan fingerprint density at radius 3 is 2.15 bits per heavy atom. The van der Waals surface area contributed by atoms with E-state index in [9.17, 15) is 5.11 Å². The summed E-state index contributed by atoms with van der Waals surface area (Å²) in [5.41, 5.74) is 4.66. The van der Waals surface area contributed by atoms with Crippen molar-refractivity contribution >= 4 is 16.6 Å². The quantitative estimate of drug-likeness (QED) is 0.163. The molecule has 0 unspecified atom stereocenters. The fraction of sp³-hybridized carbons (Fsp3) is 0.814. The number of aliphatic hydroxyl groups is 1. The third-order valence-electron chi connectivity index (χ3n) is 14.6. The minimum atomic E-state index is -1.99. The van der Waals surface area contributed by atoms with Gasteiger partial charge in [-0.2, -0.15) is 0 Å². The highest BCUT2D eigenvalue weighted by molar-refractivity contribution is 6.74. The van der Waals surface area contributed by atoms with Gasteiger partial charge in [-0.15, -0.1) is 0 Å². The van der Waals surface area contributed by atoms with E-state index in [0.29, 0.717) is 23.2 Å². The number of hydrogen-bond donors (Lipinski definition) is 1. The number of unbranched alkanes of at least 4 members (excludes halogenated alkanes) is 1. The molecule has 1 N–H and O–H groups in total. The van der Waals surface area contributed by atoms with Crippen molar-refractivity contribution in [3.63, 3.8) is 0 Å². The second-order valence-corrected chi connectivity index (χ2v) is 29.5. The van der Waals surface area contributed by atoms with E-state index >= 15 is 0 Å². The number of aliphatic hydroxyl groups excluding tert-OH is 1. The van der Waals surface area contributed by atoms with Gasteiger partial charge in [0.15, 0.2) is 16.6 Å². The molecule has 4 rings (SSSR count). The topological polar surface area (TPSA) is 38.7 Å². The molecule has 0 aromatic carbocycles. The lowest BCUT2D eigenvalue weighted by Crippen LogP contribution is -2.49. The molecule has 0 radical (unpaired) electrons. The van der Waals surface area contributed by atoms with Crippen LogP contribution in [0.5, 0.6) is 0 Å². The van der Waals surface area contributed by atoms with Crippen molar-refractivity contribution in [2.24, 2.45) is 28.6 Å². The van der Waals surface area contributed by atoms with Crippen LogP contribution in [0, 0.1) is 28.6 Å². The van der Waals surface area contributed by atoms with E-state index in [-0.39, 0.29) is 33.8 Å². The summed E-state index contributed by atoms with van der Waals surface area (Å²) < 4.78 is 14.2. The summed E-state index contributed by atoms with van der Waals surface area (Å²) in [5.74, 6) is 1.81. The Hall–Kier alpha value is -0.726. The average molecular weight is 697 g/mol. The van der Waals surface area contributed by atoms with Crippen molar-refractivity contribution in [3.8, 4) is 0 Å². The van der Waals surface area contributed by atoms with Gasteiger partial charge < -0.3 is 14.0 Å². The van der Waals surface area contributed by atoms with Crippen molar-refractivity contribution in [2.75, 3.05) is 0 Å². The lowest BCUT2D eigenvalue weighted by Gasteiger charge is -2.45. The van der Waals surface area contributed by atoms with Gasteiger partial charge in [-0.05, 0) is 134 Å². The minimum Gasteiger partial charge on any atom is -0.413 e. The molecule has 0 aromatic heterocycles. The fourth-order valence-electron chi connectivity index (χ4n) is 8.91. The van der Waals surface area contributed by atoms with Crippen molar-refractivity contribution in [1.29, 1.82) is 0 Å². The molecular weight excluding hydrogens is 621 g/mol. The Morgan fingerprint density at radius 2 is 1.56 bits per heavy atom. The van der Waals surface area contributed by atoms with Crippen LogP contribution < -0.4 is 0 Å². The standard InChI is InChI=1S/C43H76O3Si2/c1-15-16-26-43(27-28-43)39(44)24-19-31(2)36-22-23-37-33(18-17-25-42(36,37)10)20-21-34-29-35(45-47(11,12)40(4,5)6)30-38(32(34)3)46-48(13,14)41(7,8)9/h19-21,24,31,35-39,44H,3,15-18,22-23,25-30H2,1-2,4-14H3/b24-19+,33-20+,34-21-/t31-,35-,36-,37+,38+,39-,42-/m1/s1. The maximum atomic E-state index is 11.1. The van der Waals surface area contributed by atoms with Crippen molar-refractivity contribution in [1.82, 2.24) is 0 Å². The minimum absolute atomic E-state index is 0.0197. The predicted molar refractivity (Wildman–Crippen MR) is 212 cm³/mol. The predicted octanol–water partition coefficient (Wildman–Crippen LogP) is 12.7. The van der Waals surface area contributed by atoms with Crippen molar-refractivity contribution in [3.05, 3.63) is 47.6 Å². The summed E-state index contributed by atoms with van der Waals surface area (Å²) >= 11 is 0. The van der Waals surface area contributed by atoms with E-state index in [1.165, 1.54) is 75.4 Å². The second kappa shape index (κ2) is 14.7. The number of hydrogen-bond acceptors (Lipinski definition) is 3. The zero-order valence-corrected chi connectivity index (χ0v) is 35.7. The molecule has 48 heavy (non-hydrogen) atoms. The molecule has 0 bridgehead atoms. The molecule has 7 atom stereocenters. The van der Waals surface area contributed by atoms with Crippen LogP contribution in [0.3, 0.4) is 0 Å². The van der Waals surface area contributed by atoms with Crippen molar-refractivity contribution < 1.29 is 14.0 Å². The highest BCUT2D eigenvalue weighted by atomic mass is 28.4. The van der Waals surface area contributed by atoms with E-state index in [0.717, 1.165) is 12.8 Å². The number of rotatable bonds is 12. The zero-order valence-electron chi connectivity index (χ0n) is 33.7. The normalized spacial score (nSPS) is 33.0. The lowest BCUT2D eigenvalue weighted by molar-refractivity contribution is 0.0969. The van der Waals surface area contributed by atoms with Crippen LogP contribution in [-0.4, -0.2) is 40.1 Å². The van der Waals surface area contributed by atoms with Gasteiger partial charge in [0, 0.05) is 6.42 Å². The molecule has 3 nitrogen and oxygen atoms in total. The highest BCUT2D eigenvalue weighted by Crippen LogP contribution is 2.60. The summed E-state index contributed by atoms with van der Waals surface area (Å²) in [6, 6.07) is 0. The van der Waals surface area contributed by atoms with Gasteiger partial charge in [-0.3, -0.25) is 0 Å². The maximum absolute atomic E-state index is 11.1. The largest absolute Gasteiger partial charge is 0.413 e. The molecule has 4 aliphatic carbocycles. The zero-order chi connectivity index (χ0) is 35.9. The molecule has 4 fully saturated rings. The van der Waals surface area contributed by atoms with Crippen LogP contribution in [0.4, 0.5) is 0 Å². The van der Waals surface area contributed by atoms with Gasteiger partial charge in [0.05, 0.1) is 18.3 Å². The van der Waals surface area contributed by atoms with Crippen molar-refractivity contribution in [2.45, 2.75) is 194 Å². The Bertz CT molecular complexity index is 1220. The molecule has 0 saturated heterocycles. The summed E-state index contributed by atoms with van der Waals surface area (Å²) in [4.78, 5) is 0. The SMILES string of the molecule is C=C1/C(=C\C=C2/CCC[C@]3(C)[C@@H]([C@H](C)/C=C/[C@@H](O)C4(CCCC)CC4)CC[C@@H]23)C[C@@H](O[Si](C)(C)C(C)(C)C)C[C@@H]1O[Si](C)(C)C(C)(C)C. The monoisotopic (exact) mass is 697 g/mol. The van der Waals surface area contributed by atoms with E-state index in [1.54, 1.807) is 5.57 Å². The molecule has 0 aliphatic heterocycles. The van der Waals surface area contributed by atoms with Gasteiger partial charge in [0.2, 0.25) is 0 Å². The number of allylic oxidation sites excluding steroid dienone is 4. The third-order valence-corrected chi connectivity index (χ3v) is 23.6. The van der Waals surface area contributed by atoms with Gasteiger partial charge in [0.25, 0.3) is 0 Å². The maximum Gasteiger partial charge on any atom is 0.192 e. The fourth-order valence-corrected chi connectivity index (χ4v) is 11.6. The first kappa shape index (κ1) is 40.1. The number of fused-ring (bicyclic) bond motifs is 1. The molecule has 0 heterocycles. The van der Waals surface area contributed by atoms with E-state index < -0.39 is 16.6 Å².